The van der Waals surface area contributed by atoms with Crippen molar-refractivity contribution in [3.63, 3.8) is 0 Å². The van der Waals surface area contributed by atoms with Crippen LogP contribution in [0.2, 0.25) is 0 Å². The van der Waals surface area contributed by atoms with Crippen LogP contribution in [-0.4, -0.2) is 12.2 Å². The van der Waals surface area contributed by atoms with E-state index in [-0.39, 0.29) is 17.6 Å². The van der Waals surface area contributed by atoms with Gasteiger partial charge in [-0.3, -0.25) is 0 Å². The Balaban J connectivity index is 2.16. The average molecular weight is 275 g/mol. The monoisotopic (exact) mass is 275 g/mol. The molecule has 0 fully saturated rings. The standard InChI is InChI=1S/C16H18FNO2/c1-11(18-2)15-9-13(17)6-7-16(15)20-10-12-4-3-5-14(19)8-12/h3-9,11,18-19H,10H2,1-2H3. The van der Waals surface area contributed by atoms with E-state index in [1.54, 1.807) is 24.3 Å². The van der Waals surface area contributed by atoms with Crippen molar-refractivity contribution in [2.75, 3.05) is 7.05 Å². The maximum Gasteiger partial charge on any atom is 0.124 e. The fourth-order valence-corrected chi connectivity index (χ4v) is 1.95. The third-order valence-electron chi connectivity index (χ3n) is 3.18. The highest BCUT2D eigenvalue weighted by Crippen LogP contribution is 2.27. The Morgan fingerprint density at radius 3 is 2.75 bits per heavy atom. The fourth-order valence-electron chi connectivity index (χ4n) is 1.95. The molecule has 0 aliphatic rings. The molecule has 4 heteroatoms. The van der Waals surface area contributed by atoms with Gasteiger partial charge in [0.2, 0.25) is 0 Å². The van der Waals surface area contributed by atoms with Gasteiger partial charge in [0.15, 0.2) is 0 Å². The summed E-state index contributed by atoms with van der Waals surface area (Å²) in [5.41, 5.74) is 1.63. The molecule has 0 saturated heterocycles. The number of rotatable bonds is 5. The van der Waals surface area contributed by atoms with Crippen LogP contribution in [0.15, 0.2) is 42.5 Å². The first kappa shape index (κ1) is 14.3. The van der Waals surface area contributed by atoms with E-state index in [1.165, 1.54) is 12.1 Å². The van der Waals surface area contributed by atoms with Crippen molar-refractivity contribution < 1.29 is 14.2 Å². The third-order valence-corrected chi connectivity index (χ3v) is 3.18. The van der Waals surface area contributed by atoms with Crippen LogP contribution < -0.4 is 10.1 Å². The zero-order chi connectivity index (χ0) is 14.5. The van der Waals surface area contributed by atoms with Crippen LogP contribution in [0.1, 0.15) is 24.1 Å². The molecule has 0 saturated carbocycles. The normalized spacial score (nSPS) is 12.2. The molecule has 0 spiro atoms. The number of phenolic OH excluding ortho intramolecular Hbond substituents is 1. The van der Waals surface area contributed by atoms with Crippen LogP contribution in [-0.2, 0) is 6.61 Å². The summed E-state index contributed by atoms with van der Waals surface area (Å²) in [7, 11) is 1.81. The molecule has 20 heavy (non-hydrogen) atoms. The molecule has 0 aliphatic heterocycles. The Morgan fingerprint density at radius 1 is 1.25 bits per heavy atom. The molecule has 0 aliphatic carbocycles. The smallest absolute Gasteiger partial charge is 0.124 e. The van der Waals surface area contributed by atoms with E-state index in [0.29, 0.717) is 12.4 Å². The maximum absolute atomic E-state index is 13.3. The van der Waals surface area contributed by atoms with Crippen molar-refractivity contribution in [1.82, 2.24) is 5.32 Å². The number of benzene rings is 2. The van der Waals surface area contributed by atoms with Crippen LogP contribution in [0.25, 0.3) is 0 Å². The molecular formula is C16H18FNO2. The molecular weight excluding hydrogens is 257 g/mol. The van der Waals surface area contributed by atoms with Gasteiger partial charge in [0.1, 0.15) is 23.9 Å². The lowest BCUT2D eigenvalue weighted by Gasteiger charge is -2.16. The minimum atomic E-state index is -0.285. The molecule has 2 N–H and O–H groups in total. The summed E-state index contributed by atoms with van der Waals surface area (Å²) in [6.45, 7) is 2.26. The van der Waals surface area contributed by atoms with Crippen molar-refractivity contribution in [3.05, 3.63) is 59.4 Å². The van der Waals surface area contributed by atoms with Gasteiger partial charge in [-0.1, -0.05) is 12.1 Å². The van der Waals surface area contributed by atoms with Gasteiger partial charge in [0.25, 0.3) is 0 Å². The molecule has 0 aromatic heterocycles. The molecule has 0 heterocycles. The fraction of sp³-hybridized carbons (Fsp3) is 0.250. The van der Waals surface area contributed by atoms with E-state index in [0.717, 1.165) is 11.1 Å². The van der Waals surface area contributed by atoms with Gasteiger partial charge in [-0.15, -0.1) is 0 Å². The van der Waals surface area contributed by atoms with Crippen molar-refractivity contribution in [2.45, 2.75) is 19.6 Å². The number of hydrogen-bond donors (Lipinski definition) is 2. The number of aromatic hydroxyl groups is 1. The predicted molar refractivity (Wildman–Crippen MR) is 76.3 cm³/mol. The molecule has 2 rings (SSSR count). The zero-order valence-corrected chi connectivity index (χ0v) is 11.6. The second kappa shape index (κ2) is 6.39. The number of hydrogen-bond acceptors (Lipinski definition) is 3. The van der Waals surface area contributed by atoms with Gasteiger partial charge >= 0.3 is 0 Å². The lowest BCUT2D eigenvalue weighted by atomic mass is 10.1. The van der Waals surface area contributed by atoms with Crippen molar-refractivity contribution in [1.29, 1.82) is 0 Å². The van der Waals surface area contributed by atoms with Gasteiger partial charge in [0.05, 0.1) is 0 Å². The van der Waals surface area contributed by atoms with E-state index >= 15 is 0 Å². The van der Waals surface area contributed by atoms with Gasteiger partial charge in [0, 0.05) is 11.6 Å². The highest BCUT2D eigenvalue weighted by atomic mass is 19.1. The lowest BCUT2D eigenvalue weighted by molar-refractivity contribution is 0.299. The SMILES string of the molecule is CNC(C)c1cc(F)ccc1OCc1cccc(O)c1. The van der Waals surface area contributed by atoms with Gasteiger partial charge < -0.3 is 15.2 Å². The van der Waals surface area contributed by atoms with Crippen LogP contribution in [0.5, 0.6) is 11.5 Å². The van der Waals surface area contributed by atoms with Gasteiger partial charge in [-0.05, 0) is 49.9 Å². The zero-order valence-electron chi connectivity index (χ0n) is 11.6. The van der Waals surface area contributed by atoms with Gasteiger partial charge in [-0.2, -0.15) is 0 Å². The summed E-state index contributed by atoms with van der Waals surface area (Å²) in [6, 6.07) is 11.3. The first-order valence-electron chi connectivity index (χ1n) is 6.47. The Labute approximate surface area is 118 Å². The molecule has 0 bridgehead atoms. The summed E-state index contributed by atoms with van der Waals surface area (Å²) in [5, 5.41) is 12.5. The summed E-state index contributed by atoms with van der Waals surface area (Å²) in [5.74, 6) is 0.553. The number of halogens is 1. The summed E-state index contributed by atoms with van der Waals surface area (Å²) < 4.78 is 19.1. The highest BCUT2D eigenvalue weighted by molar-refractivity contribution is 5.36. The van der Waals surface area contributed by atoms with Crippen LogP contribution in [0.4, 0.5) is 4.39 Å². The van der Waals surface area contributed by atoms with Crippen molar-refractivity contribution in [2.24, 2.45) is 0 Å². The van der Waals surface area contributed by atoms with Crippen molar-refractivity contribution >= 4 is 0 Å². The van der Waals surface area contributed by atoms with Gasteiger partial charge in [-0.25, -0.2) is 4.39 Å². The van der Waals surface area contributed by atoms with Crippen molar-refractivity contribution in [3.8, 4) is 11.5 Å². The largest absolute Gasteiger partial charge is 0.508 e. The van der Waals surface area contributed by atoms with Crippen LogP contribution >= 0.6 is 0 Å². The van der Waals surface area contributed by atoms with E-state index in [9.17, 15) is 9.50 Å². The first-order valence-corrected chi connectivity index (χ1v) is 6.47. The molecule has 3 nitrogen and oxygen atoms in total. The number of ether oxygens (including phenoxy) is 1. The molecule has 2 aromatic rings. The third kappa shape index (κ3) is 3.48. The first-order chi connectivity index (χ1) is 9.60. The molecule has 0 amide bonds. The average Bonchev–Trinajstić information content (AvgIpc) is 2.45. The minimum absolute atomic E-state index is 0.00937. The second-order valence-corrected chi connectivity index (χ2v) is 4.65. The Morgan fingerprint density at radius 2 is 2.05 bits per heavy atom. The topological polar surface area (TPSA) is 41.5 Å². The van der Waals surface area contributed by atoms with E-state index in [1.807, 2.05) is 20.0 Å². The van der Waals surface area contributed by atoms with Crippen LogP contribution in [0.3, 0.4) is 0 Å². The van der Waals surface area contributed by atoms with E-state index < -0.39 is 0 Å². The maximum atomic E-state index is 13.3. The molecule has 1 unspecified atom stereocenters. The summed E-state index contributed by atoms with van der Waals surface area (Å²) >= 11 is 0. The Kier molecular flexibility index (Phi) is 4.58. The summed E-state index contributed by atoms with van der Waals surface area (Å²) in [6.07, 6.45) is 0. The summed E-state index contributed by atoms with van der Waals surface area (Å²) in [4.78, 5) is 0. The number of phenols is 1. The molecule has 106 valence electrons. The number of nitrogens with one attached hydrogen (secondary N) is 1. The molecule has 0 radical (unpaired) electrons. The molecule has 2 aromatic carbocycles. The van der Waals surface area contributed by atoms with Crippen LogP contribution in [0, 0.1) is 5.82 Å². The highest BCUT2D eigenvalue weighted by Gasteiger charge is 2.11. The van der Waals surface area contributed by atoms with E-state index in [2.05, 4.69) is 5.32 Å². The molecule has 1 atom stereocenters. The lowest BCUT2D eigenvalue weighted by Crippen LogP contribution is -2.14. The minimum Gasteiger partial charge on any atom is -0.508 e. The van der Waals surface area contributed by atoms with E-state index in [4.69, 9.17) is 4.74 Å². The quantitative estimate of drug-likeness (QED) is 0.879. The predicted octanol–water partition coefficient (Wildman–Crippen LogP) is 3.39. The Bertz CT molecular complexity index is 586. The Hall–Kier alpha value is -2.07. The second-order valence-electron chi connectivity index (χ2n) is 4.65.